The van der Waals surface area contributed by atoms with Gasteiger partial charge in [-0.1, -0.05) is 23.7 Å². The zero-order chi connectivity index (χ0) is 19.6. The van der Waals surface area contributed by atoms with E-state index >= 15 is 0 Å². The Morgan fingerprint density at radius 3 is 2.59 bits per heavy atom. The Labute approximate surface area is 160 Å². The van der Waals surface area contributed by atoms with Crippen LogP contribution in [0, 0.1) is 12.7 Å². The first kappa shape index (κ1) is 18.6. The number of anilines is 2. The lowest BCUT2D eigenvalue weighted by molar-refractivity contribution is -0.114. The van der Waals surface area contributed by atoms with Crippen LogP contribution in [0.4, 0.5) is 15.8 Å². The van der Waals surface area contributed by atoms with Crippen LogP contribution in [0.15, 0.2) is 48.7 Å². The molecule has 1 aromatic heterocycles. The minimum Gasteiger partial charge on any atom is -0.326 e. The average molecular weight is 387 g/mol. The number of hydrogen-bond donors (Lipinski definition) is 2. The van der Waals surface area contributed by atoms with E-state index in [4.69, 9.17) is 11.6 Å². The summed E-state index contributed by atoms with van der Waals surface area (Å²) >= 11 is 6.11. The van der Waals surface area contributed by atoms with Gasteiger partial charge >= 0.3 is 0 Å². The molecule has 0 saturated heterocycles. The second-order valence-corrected chi connectivity index (χ2v) is 6.24. The third-order valence-corrected chi connectivity index (χ3v) is 4.20. The molecule has 0 atom stereocenters. The molecule has 138 valence electrons. The van der Waals surface area contributed by atoms with Gasteiger partial charge in [0.2, 0.25) is 5.91 Å². The molecule has 2 amide bonds. The second-order valence-electron chi connectivity index (χ2n) is 5.84. The van der Waals surface area contributed by atoms with Gasteiger partial charge < -0.3 is 10.6 Å². The van der Waals surface area contributed by atoms with Crippen LogP contribution in [0.2, 0.25) is 5.02 Å². The van der Waals surface area contributed by atoms with Crippen LogP contribution in [0.1, 0.15) is 23.0 Å². The molecular formula is C19H16ClFN4O2. The molecule has 0 unspecified atom stereocenters. The van der Waals surface area contributed by atoms with Crippen LogP contribution in [0.3, 0.4) is 0 Å². The van der Waals surface area contributed by atoms with E-state index in [1.807, 2.05) is 0 Å². The Kier molecular flexibility index (Phi) is 5.23. The molecule has 0 bridgehead atoms. The lowest BCUT2D eigenvalue weighted by atomic mass is 10.1. The molecule has 6 nitrogen and oxygen atoms in total. The zero-order valence-corrected chi connectivity index (χ0v) is 15.3. The normalized spacial score (nSPS) is 10.5. The van der Waals surface area contributed by atoms with Crippen molar-refractivity contribution in [2.45, 2.75) is 13.8 Å². The smallest absolute Gasteiger partial charge is 0.257 e. The molecule has 0 aliphatic heterocycles. The zero-order valence-electron chi connectivity index (χ0n) is 14.6. The van der Waals surface area contributed by atoms with Gasteiger partial charge in [-0.15, -0.1) is 0 Å². The first-order valence-electron chi connectivity index (χ1n) is 8.05. The van der Waals surface area contributed by atoms with Crippen molar-refractivity contribution in [3.8, 4) is 5.69 Å². The maximum atomic E-state index is 14.0. The first-order valence-corrected chi connectivity index (χ1v) is 8.42. The first-order chi connectivity index (χ1) is 12.9. The Balaban J connectivity index is 1.87. The number of halogens is 2. The number of amides is 2. The molecule has 0 aliphatic carbocycles. The maximum Gasteiger partial charge on any atom is 0.257 e. The van der Waals surface area contributed by atoms with E-state index in [1.54, 1.807) is 31.2 Å². The number of aromatic nitrogens is 2. The molecule has 27 heavy (non-hydrogen) atoms. The van der Waals surface area contributed by atoms with E-state index < -0.39 is 11.7 Å². The van der Waals surface area contributed by atoms with Gasteiger partial charge in [0.15, 0.2) is 0 Å². The van der Waals surface area contributed by atoms with Gasteiger partial charge in [-0.2, -0.15) is 5.10 Å². The number of hydrogen-bond acceptors (Lipinski definition) is 3. The highest BCUT2D eigenvalue weighted by molar-refractivity contribution is 6.34. The maximum absolute atomic E-state index is 14.0. The van der Waals surface area contributed by atoms with Crippen LogP contribution in [0.5, 0.6) is 0 Å². The summed E-state index contributed by atoms with van der Waals surface area (Å²) in [7, 11) is 0. The van der Waals surface area contributed by atoms with E-state index in [1.165, 1.54) is 36.0 Å². The average Bonchev–Trinajstić information content (AvgIpc) is 2.97. The minimum atomic E-state index is -0.469. The predicted molar refractivity (Wildman–Crippen MR) is 102 cm³/mol. The molecule has 2 N–H and O–H groups in total. The highest BCUT2D eigenvalue weighted by Gasteiger charge is 2.16. The molecule has 1 heterocycles. The molecule has 0 spiro atoms. The third kappa shape index (κ3) is 3.98. The van der Waals surface area contributed by atoms with Crippen LogP contribution in [-0.4, -0.2) is 21.6 Å². The number of benzene rings is 2. The van der Waals surface area contributed by atoms with Crippen LogP contribution in [-0.2, 0) is 4.79 Å². The van der Waals surface area contributed by atoms with Crippen molar-refractivity contribution in [1.29, 1.82) is 0 Å². The molecule has 3 rings (SSSR count). The summed E-state index contributed by atoms with van der Waals surface area (Å²) in [4.78, 5) is 23.8. The summed E-state index contributed by atoms with van der Waals surface area (Å²) in [5.74, 6) is -1.15. The number of carbonyl (C=O) groups is 2. The van der Waals surface area contributed by atoms with Gasteiger partial charge in [0.05, 0.1) is 28.2 Å². The van der Waals surface area contributed by atoms with Gasteiger partial charge in [-0.25, -0.2) is 9.07 Å². The molecule has 0 radical (unpaired) electrons. The number of carbonyl (C=O) groups excluding carboxylic acids is 2. The van der Waals surface area contributed by atoms with Gasteiger partial charge in [0.25, 0.3) is 5.91 Å². The fourth-order valence-corrected chi connectivity index (χ4v) is 2.77. The number of nitrogens with zero attached hydrogens (tertiary/aromatic N) is 2. The van der Waals surface area contributed by atoms with E-state index in [-0.39, 0.29) is 22.2 Å². The fourth-order valence-electron chi connectivity index (χ4n) is 2.57. The van der Waals surface area contributed by atoms with Crippen LogP contribution >= 0.6 is 11.6 Å². The topological polar surface area (TPSA) is 76.0 Å². The SMILES string of the molecule is CC(=O)Nc1ccc(Cl)c(C(=O)Nc2cnn(-c3ccccc3F)c2C)c1. The van der Waals surface area contributed by atoms with Gasteiger partial charge in [0.1, 0.15) is 11.5 Å². The Hall–Kier alpha value is -3.19. The van der Waals surface area contributed by atoms with E-state index in [0.717, 1.165) is 0 Å². The number of nitrogens with one attached hydrogen (secondary N) is 2. The minimum absolute atomic E-state index is 0.195. The summed E-state index contributed by atoms with van der Waals surface area (Å²) < 4.78 is 15.4. The summed E-state index contributed by atoms with van der Waals surface area (Å²) in [5, 5.41) is 9.70. The van der Waals surface area contributed by atoms with Crippen LogP contribution < -0.4 is 10.6 Å². The molecule has 0 fully saturated rings. The third-order valence-electron chi connectivity index (χ3n) is 3.87. The largest absolute Gasteiger partial charge is 0.326 e. The van der Waals surface area contributed by atoms with Crippen molar-refractivity contribution in [3.05, 3.63) is 70.8 Å². The lowest BCUT2D eigenvalue weighted by Crippen LogP contribution is -2.14. The Morgan fingerprint density at radius 2 is 1.89 bits per heavy atom. The molecule has 0 saturated carbocycles. The van der Waals surface area contributed by atoms with Crippen molar-refractivity contribution in [2.24, 2.45) is 0 Å². The Morgan fingerprint density at radius 1 is 1.15 bits per heavy atom. The molecule has 0 aliphatic rings. The van der Waals surface area contributed by atoms with Crippen LogP contribution in [0.25, 0.3) is 5.69 Å². The van der Waals surface area contributed by atoms with Gasteiger partial charge in [0, 0.05) is 12.6 Å². The molecule has 2 aromatic carbocycles. The number of rotatable bonds is 4. The highest BCUT2D eigenvalue weighted by atomic mass is 35.5. The summed E-state index contributed by atoms with van der Waals surface area (Å²) in [6, 6.07) is 10.8. The highest BCUT2D eigenvalue weighted by Crippen LogP contribution is 2.24. The van der Waals surface area contributed by atoms with E-state index in [2.05, 4.69) is 15.7 Å². The van der Waals surface area contributed by atoms with Gasteiger partial charge in [-0.05, 0) is 37.3 Å². The van der Waals surface area contributed by atoms with Crippen molar-refractivity contribution in [2.75, 3.05) is 10.6 Å². The predicted octanol–water partition coefficient (Wildman–Crippen LogP) is 4.18. The lowest BCUT2D eigenvalue weighted by Gasteiger charge is -2.10. The quantitative estimate of drug-likeness (QED) is 0.706. The number of para-hydroxylation sites is 1. The second kappa shape index (κ2) is 7.59. The van der Waals surface area contributed by atoms with E-state index in [9.17, 15) is 14.0 Å². The summed E-state index contributed by atoms with van der Waals surface area (Å²) in [6.45, 7) is 3.08. The van der Waals surface area contributed by atoms with Crippen molar-refractivity contribution in [3.63, 3.8) is 0 Å². The Bertz CT molecular complexity index is 1030. The standard InChI is InChI=1S/C19H16ClFN4O2/c1-11-17(10-22-25(11)18-6-4-3-5-16(18)21)24-19(27)14-9-13(23-12(2)26)7-8-15(14)20/h3-10H,1-2H3,(H,23,26)(H,24,27). The van der Waals surface area contributed by atoms with Crippen molar-refractivity contribution in [1.82, 2.24) is 9.78 Å². The van der Waals surface area contributed by atoms with Crippen molar-refractivity contribution >= 4 is 34.8 Å². The fraction of sp³-hybridized carbons (Fsp3) is 0.105. The van der Waals surface area contributed by atoms with Gasteiger partial charge in [-0.3, -0.25) is 9.59 Å². The molecular weight excluding hydrogens is 371 g/mol. The monoisotopic (exact) mass is 386 g/mol. The molecule has 8 heteroatoms. The summed E-state index contributed by atoms with van der Waals surface area (Å²) in [5.41, 5.74) is 1.91. The van der Waals surface area contributed by atoms with Crippen molar-refractivity contribution < 1.29 is 14.0 Å². The molecule has 3 aromatic rings. The summed E-state index contributed by atoms with van der Waals surface area (Å²) in [6.07, 6.45) is 1.44. The van der Waals surface area contributed by atoms with E-state index in [0.29, 0.717) is 17.1 Å².